The van der Waals surface area contributed by atoms with Crippen molar-refractivity contribution in [3.8, 4) is 0 Å². The molecule has 0 fully saturated rings. The van der Waals surface area contributed by atoms with E-state index in [4.69, 9.17) is 5.73 Å². The van der Waals surface area contributed by atoms with Crippen LogP contribution < -0.4 is 10.6 Å². The van der Waals surface area contributed by atoms with Crippen LogP contribution in [0.15, 0.2) is 40.9 Å². The third-order valence-corrected chi connectivity index (χ3v) is 3.77. The van der Waals surface area contributed by atoms with E-state index in [1.807, 2.05) is 13.0 Å². The number of anilines is 2. The van der Waals surface area contributed by atoms with Gasteiger partial charge in [0.1, 0.15) is 0 Å². The minimum atomic E-state index is -0.344. The van der Waals surface area contributed by atoms with Gasteiger partial charge >= 0.3 is 0 Å². The molecular weight excluding hydrogens is 320 g/mol. The minimum absolute atomic E-state index is 0.338. The average Bonchev–Trinajstić information content (AvgIpc) is 2.65. The number of carbonyl (C=O) groups excluding carboxylic acids is 2. The van der Waals surface area contributed by atoms with Crippen molar-refractivity contribution in [3.05, 3.63) is 57.6 Å². The largest absolute Gasteiger partial charge is 0.397 e. The Bertz CT molecular complexity index is 756. The Kier molecular flexibility index (Phi) is 2.87. The van der Waals surface area contributed by atoms with Crippen molar-refractivity contribution in [3.63, 3.8) is 0 Å². The highest BCUT2D eigenvalue weighted by Gasteiger charge is 2.37. The molecule has 0 saturated carbocycles. The molecule has 20 heavy (non-hydrogen) atoms. The molecule has 0 aromatic heterocycles. The van der Waals surface area contributed by atoms with Crippen molar-refractivity contribution in [1.82, 2.24) is 0 Å². The first-order chi connectivity index (χ1) is 9.49. The Balaban J connectivity index is 2.16. The average molecular weight is 331 g/mol. The molecule has 2 N–H and O–H groups in total. The van der Waals surface area contributed by atoms with Gasteiger partial charge in [-0.1, -0.05) is 22.0 Å². The number of nitrogen functional groups attached to an aromatic ring is 1. The van der Waals surface area contributed by atoms with Gasteiger partial charge in [-0.05, 0) is 42.8 Å². The lowest BCUT2D eigenvalue weighted by Crippen LogP contribution is -2.30. The number of rotatable bonds is 1. The van der Waals surface area contributed by atoms with Crippen LogP contribution in [0.2, 0.25) is 0 Å². The second kappa shape index (κ2) is 4.45. The van der Waals surface area contributed by atoms with Gasteiger partial charge in [-0.15, -0.1) is 0 Å². The molecule has 0 aliphatic carbocycles. The monoisotopic (exact) mass is 330 g/mol. The van der Waals surface area contributed by atoms with Gasteiger partial charge in [0.15, 0.2) is 0 Å². The molecule has 5 heteroatoms. The number of amides is 2. The molecular formula is C15H11BrN2O2. The van der Waals surface area contributed by atoms with Crippen LogP contribution in [0.1, 0.15) is 26.3 Å². The van der Waals surface area contributed by atoms with Gasteiger partial charge < -0.3 is 5.73 Å². The topological polar surface area (TPSA) is 63.4 Å². The summed E-state index contributed by atoms with van der Waals surface area (Å²) in [5.41, 5.74) is 8.48. The molecule has 1 aliphatic rings. The van der Waals surface area contributed by atoms with E-state index in [9.17, 15) is 9.59 Å². The Morgan fingerprint density at radius 2 is 1.70 bits per heavy atom. The van der Waals surface area contributed by atoms with Crippen LogP contribution in [0.3, 0.4) is 0 Å². The van der Waals surface area contributed by atoms with Gasteiger partial charge in [0.05, 0.1) is 22.5 Å². The Labute approximate surface area is 124 Å². The first kappa shape index (κ1) is 12.9. The highest BCUT2D eigenvalue weighted by atomic mass is 79.9. The first-order valence-corrected chi connectivity index (χ1v) is 6.83. The lowest BCUT2D eigenvalue weighted by molar-refractivity contribution is 0.0926. The van der Waals surface area contributed by atoms with Gasteiger partial charge in [0.2, 0.25) is 0 Å². The second-order valence-electron chi connectivity index (χ2n) is 4.70. The summed E-state index contributed by atoms with van der Waals surface area (Å²) in [5.74, 6) is -0.682. The summed E-state index contributed by atoms with van der Waals surface area (Å²) in [5, 5.41) is 0. The lowest BCUT2D eigenvalue weighted by atomic mass is 10.1. The Hall–Kier alpha value is -2.14. The van der Waals surface area contributed by atoms with Crippen LogP contribution in [0.4, 0.5) is 11.4 Å². The van der Waals surface area contributed by atoms with Gasteiger partial charge in [-0.2, -0.15) is 0 Å². The van der Waals surface area contributed by atoms with Gasteiger partial charge in [0, 0.05) is 4.47 Å². The maximum Gasteiger partial charge on any atom is 0.266 e. The number of imide groups is 1. The third-order valence-electron chi connectivity index (χ3n) is 3.28. The summed E-state index contributed by atoms with van der Waals surface area (Å²) in [6.07, 6.45) is 0. The van der Waals surface area contributed by atoms with Gasteiger partial charge in [0.25, 0.3) is 11.8 Å². The van der Waals surface area contributed by atoms with Gasteiger partial charge in [-0.25, -0.2) is 4.90 Å². The molecule has 0 bridgehead atoms. The predicted molar refractivity (Wildman–Crippen MR) is 80.9 cm³/mol. The summed E-state index contributed by atoms with van der Waals surface area (Å²) in [6.45, 7) is 1.89. The molecule has 2 aromatic rings. The molecule has 0 unspecified atom stereocenters. The van der Waals surface area contributed by atoms with Crippen LogP contribution >= 0.6 is 15.9 Å². The highest BCUT2D eigenvalue weighted by Crippen LogP contribution is 2.33. The number of halogens is 1. The predicted octanol–water partition coefficient (Wildman–Crippen LogP) is 3.14. The van der Waals surface area contributed by atoms with Crippen molar-refractivity contribution in [2.24, 2.45) is 0 Å². The maximum absolute atomic E-state index is 12.5. The van der Waals surface area contributed by atoms with Gasteiger partial charge in [-0.3, -0.25) is 9.59 Å². The zero-order valence-corrected chi connectivity index (χ0v) is 12.3. The first-order valence-electron chi connectivity index (χ1n) is 6.03. The summed E-state index contributed by atoms with van der Waals surface area (Å²) < 4.78 is 0.761. The zero-order chi connectivity index (χ0) is 14.4. The van der Waals surface area contributed by atoms with E-state index in [0.717, 1.165) is 14.9 Å². The van der Waals surface area contributed by atoms with E-state index >= 15 is 0 Å². The fourth-order valence-electron chi connectivity index (χ4n) is 2.28. The molecule has 100 valence electrons. The Morgan fingerprint density at radius 1 is 1.00 bits per heavy atom. The van der Waals surface area contributed by atoms with E-state index in [1.165, 1.54) is 0 Å². The molecule has 1 heterocycles. The zero-order valence-electron chi connectivity index (χ0n) is 10.7. The summed E-state index contributed by atoms with van der Waals surface area (Å²) in [6, 6.07) is 10.3. The number of hydrogen-bond acceptors (Lipinski definition) is 3. The smallest absolute Gasteiger partial charge is 0.266 e. The fraction of sp³-hybridized carbons (Fsp3) is 0.0667. The summed E-state index contributed by atoms with van der Waals surface area (Å²) >= 11 is 3.31. The standard InChI is InChI=1S/C15H11BrN2O2/c1-8-2-5-12(17)13(6-8)18-14(19)10-4-3-9(16)7-11(10)15(18)20/h2-7H,17H2,1H3. The minimum Gasteiger partial charge on any atom is -0.397 e. The Morgan fingerprint density at radius 3 is 2.45 bits per heavy atom. The van der Waals surface area contributed by atoms with Crippen LogP contribution in [0.25, 0.3) is 0 Å². The molecule has 0 spiro atoms. The van der Waals surface area contributed by atoms with E-state index in [0.29, 0.717) is 22.5 Å². The van der Waals surface area contributed by atoms with Crippen molar-refractivity contribution in [2.45, 2.75) is 6.92 Å². The highest BCUT2D eigenvalue weighted by molar-refractivity contribution is 9.10. The molecule has 0 saturated heterocycles. The van der Waals surface area contributed by atoms with E-state index in [2.05, 4.69) is 15.9 Å². The van der Waals surface area contributed by atoms with Crippen molar-refractivity contribution >= 4 is 39.1 Å². The number of aryl methyl sites for hydroxylation is 1. The number of nitrogens with two attached hydrogens (primary N) is 1. The number of fused-ring (bicyclic) bond motifs is 1. The molecule has 1 aliphatic heterocycles. The molecule has 2 amide bonds. The molecule has 4 nitrogen and oxygen atoms in total. The SMILES string of the molecule is Cc1ccc(N)c(N2C(=O)c3ccc(Br)cc3C2=O)c1. The lowest BCUT2D eigenvalue weighted by Gasteiger charge is -2.16. The number of benzene rings is 2. The van der Waals surface area contributed by atoms with Crippen LogP contribution in [-0.4, -0.2) is 11.8 Å². The summed E-state index contributed by atoms with van der Waals surface area (Å²) in [7, 11) is 0. The van der Waals surface area contributed by atoms with E-state index in [1.54, 1.807) is 30.3 Å². The van der Waals surface area contributed by atoms with Crippen LogP contribution in [0, 0.1) is 6.92 Å². The van der Waals surface area contributed by atoms with E-state index in [-0.39, 0.29) is 11.8 Å². The van der Waals surface area contributed by atoms with Crippen molar-refractivity contribution in [1.29, 1.82) is 0 Å². The van der Waals surface area contributed by atoms with Crippen LogP contribution in [-0.2, 0) is 0 Å². The molecule has 0 atom stereocenters. The molecule has 0 radical (unpaired) electrons. The third kappa shape index (κ3) is 1.82. The number of carbonyl (C=O) groups is 2. The number of hydrogen-bond donors (Lipinski definition) is 1. The van der Waals surface area contributed by atoms with Crippen molar-refractivity contribution in [2.75, 3.05) is 10.6 Å². The second-order valence-corrected chi connectivity index (χ2v) is 5.61. The fourth-order valence-corrected chi connectivity index (χ4v) is 2.64. The van der Waals surface area contributed by atoms with E-state index < -0.39 is 0 Å². The normalized spacial score (nSPS) is 13.8. The molecule has 3 rings (SSSR count). The quantitative estimate of drug-likeness (QED) is 0.645. The van der Waals surface area contributed by atoms with Crippen molar-refractivity contribution < 1.29 is 9.59 Å². The van der Waals surface area contributed by atoms with Crippen LogP contribution in [0.5, 0.6) is 0 Å². The number of nitrogens with zero attached hydrogens (tertiary/aromatic N) is 1. The maximum atomic E-state index is 12.5. The summed E-state index contributed by atoms with van der Waals surface area (Å²) in [4.78, 5) is 26.0. The molecule has 2 aromatic carbocycles.